The second kappa shape index (κ2) is 10.0. The molecule has 1 aliphatic rings. The van der Waals surface area contributed by atoms with E-state index in [1.54, 1.807) is 20.2 Å². The largest absolute Gasteiger partial charge is 0.380 e. The Hall–Kier alpha value is -1.67. The fourth-order valence-electron chi connectivity index (χ4n) is 3.17. The van der Waals surface area contributed by atoms with Crippen molar-refractivity contribution < 1.29 is 9.13 Å². The van der Waals surface area contributed by atoms with Gasteiger partial charge in [0.1, 0.15) is 5.82 Å². The van der Waals surface area contributed by atoms with Crippen molar-refractivity contribution >= 4 is 29.9 Å². The number of nitrogens with zero attached hydrogens (tertiary/aromatic N) is 1. The lowest BCUT2D eigenvalue weighted by Crippen LogP contribution is -2.40. The standard InChI is InChI=1S/C21H26FN3O.HI/c1-23-20(24-13-16-8-9-19(22)17(12-16)14-26-2)25-15-21(10-11-21)18-6-4-3-5-7-18;/h3-9,12H,10-11,13-15H2,1-2H3,(H2,23,24,25);1H. The van der Waals surface area contributed by atoms with Crippen molar-refractivity contribution in [2.45, 2.75) is 31.4 Å². The molecule has 1 fully saturated rings. The lowest BCUT2D eigenvalue weighted by molar-refractivity contribution is 0.181. The molecule has 0 aromatic heterocycles. The smallest absolute Gasteiger partial charge is 0.191 e. The average molecular weight is 483 g/mol. The van der Waals surface area contributed by atoms with Gasteiger partial charge in [-0.2, -0.15) is 0 Å². The lowest BCUT2D eigenvalue weighted by atomic mass is 9.96. The maximum atomic E-state index is 13.7. The van der Waals surface area contributed by atoms with Gasteiger partial charge in [0.15, 0.2) is 5.96 Å². The van der Waals surface area contributed by atoms with Crippen LogP contribution in [0.5, 0.6) is 0 Å². The highest BCUT2D eigenvalue weighted by Crippen LogP contribution is 2.47. The van der Waals surface area contributed by atoms with Gasteiger partial charge >= 0.3 is 0 Å². The van der Waals surface area contributed by atoms with E-state index in [-0.39, 0.29) is 41.8 Å². The molecule has 2 aromatic carbocycles. The van der Waals surface area contributed by atoms with Gasteiger partial charge in [0.2, 0.25) is 0 Å². The Kier molecular flexibility index (Phi) is 8.04. The molecular weight excluding hydrogens is 456 g/mol. The molecule has 0 heterocycles. The highest BCUT2D eigenvalue weighted by molar-refractivity contribution is 14.0. The quantitative estimate of drug-likeness (QED) is 0.356. The van der Waals surface area contributed by atoms with Crippen molar-refractivity contribution in [2.24, 2.45) is 4.99 Å². The fraction of sp³-hybridized carbons (Fsp3) is 0.381. The summed E-state index contributed by atoms with van der Waals surface area (Å²) in [5.41, 5.74) is 3.16. The Labute approximate surface area is 177 Å². The number of halogens is 2. The van der Waals surface area contributed by atoms with Crippen LogP contribution < -0.4 is 10.6 Å². The van der Waals surface area contributed by atoms with Gasteiger partial charge in [-0.25, -0.2) is 4.39 Å². The molecule has 146 valence electrons. The van der Waals surface area contributed by atoms with Crippen molar-refractivity contribution in [3.63, 3.8) is 0 Å². The van der Waals surface area contributed by atoms with E-state index < -0.39 is 0 Å². The summed E-state index contributed by atoms with van der Waals surface area (Å²) in [4.78, 5) is 4.30. The van der Waals surface area contributed by atoms with Gasteiger partial charge in [-0.05, 0) is 36.1 Å². The topological polar surface area (TPSA) is 45.7 Å². The Balaban J connectivity index is 0.00000261. The third kappa shape index (κ3) is 5.65. The van der Waals surface area contributed by atoms with Crippen LogP contribution in [0.4, 0.5) is 4.39 Å². The molecule has 1 saturated carbocycles. The first kappa shape index (κ1) is 21.6. The van der Waals surface area contributed by atoms with E-state index in [4.69, 9.17) is 4.74 Å². The number of benzene rings is 2. The third-order valence-corrected chi connectivity index (χ3v) is 4.93. The highest BCUT2D eigenvalue weighted by atomic mass is 127. The second-order valence-corrected chi connectivity index (χ2v) is 6.78. The highest BCUT2D eigenvalue weighted by Gasteiger charge is 2.43. The molecule has 0 radical (unpaired) electrons. The molecule has 0 unspecified atom stereocenters. The summed E-state index contributed by atoms with van der Waals surface area (Å²) < 4.78 is 18.7. The molecule has 1 aliphatic carbocycles. The summed E-state index contributed by atoms with van der Waals surface area (Å²) in [5.74, 6) is 0.515. The molecule has 0 atom stereocenters. The first-order valence-electron chi connectivity index (χ1n) is 8.93. The molecule has 3 rings (SSSR count). The molecule has 2 N–H and O–H groups in total. The minimum absolute atomic E-state index is 0. The summed E-state index contributed by atoms with van der Waals surface area (Å²) in [6, 6.07) is 15.7. The van der Waals surface area contributed by atoms with Crippen LogP contribution in [0.2, 0.25) is 0 Å². The van der Waals surface area contributed by atoms with Crippen LogP contribution >= 0.6 is 24.0 Å². The van der Waals surface area contributed by atoms with Crippen molar-refractivity contribution in [2.75, 3.05) is 20.7 Å². The Morgan fingerprint density at radius 2 is 1.89 bits per heavy atom. The summed E-state index contributed by atoms with van der Waals surface area (Å²) in [5, 5.41) is 6.73. The van der Waals surface area contributed by atoms with Crippen LogP contribution in [-0.2, 0) is 23.3 Å². The number of guanidine groups is 1. The number of nitrogens with one attached hydrogen (secondary N) is 2. The Morgan fingerprint density at radius 3 is 2.52 bits per heavy atom. The molecule has 0 bridgehead atoms. The fourth-order valence-corrected chi connectivity index (χ4v) is 3.17. The van der Waals surface area contributed by atoms with Gasteiger partial charge in [0, 0.05) is 38.2 Å². The van der Waals surface area contributed by atoms with Crippen LogP contribution in [0.15, 0.2) is 53.5 Å². The predicted octanol–water partition coefficient (Wildman–Crippen LogP) is 3.99. The van der Waals surface area contributed by atoms with E-state index in [1.165, 1.54) is 24.5 Å². The molecule has 2 aromatic rings. The predicted molar refractivity (Wildman–Crippen MR) is 118 cm³/mol. The number of aliphatic imine (C=N–C) groups is 1. The van der Waals surface area contributed by atoms with Gasteiger partial charge < -0.3 is 15.4 Å². The van der Waals surface area contributed by atoms with Crippen LogP contribution in [0.1, 0.15) is 29.5 Å². The Bertz CT molecular complexity index is 763. The van der Waals surface area contributed by atoms with Gasteiger partial charge in [-0.15, -0.1) is 24.0 Å². The average Bonchev–Trinajstić information content (AvgIpc) is 3.46. The maximum Gasteiger partial charge on any atom is 0.191 e. The maximum absolute atomic E-state index is 13.7. The number of rotatable bonds is 7. The lowest BCUT2D eigenvalue weighted by Gasteiger charge is -2.19. The van der Waals surface area contributed by atoms with Crippen LogP contribution in [0.25, 0.3) is 0 Å². The first-order valence-corrected chi connectivity index (χ1v) is 8.93. The zero-order valence-electron chi connectivity index (χ0n) is 15.8. The molecule has 6 heteroatoms. The van der Waals surface area contributed by atoms with Crippen molar-refractivity contribution in [1.82, 2.24) is 10.6 Å². The molecule has 27 heavy (non-hydrogen) atoms. The second-order valence-electron chi connectivity index (χ2n) is 6.78. The zero-order chi connectivity index (χ0) is 18.4. The van der Waals surface area contributed by atoms with Crippen LogP contribution in [0.3, 0.4) is 0 Å². The number of ether oxygens (including phenoxy) is 1. The number of hydrogen-bond donors (Lipinski definition) is 2. The van der Waals surface area contributed by atoms with Crippen molar-refractivity contribution in [3.8, 4) is 0 Å². The van der Waals surface area contributed by atoms with Gasteiger partial charge in [0.25, 0.3) is 0 Å². The van der Waals surface area contributed by atoms with E-state index >= 15 is 0 Å². The molecule has 0 amide bonds. The van der Waals surface area contributed by atoms with Crippen molar-refractivity contribution in [3.05, 3.63) is 71.0 Å². The third-order valence-electron chi connectivity index (χ3n) is 4.93. The molecule has 4 nitrogen and oxygen atoms in total. The van der Waals surface area contributed by atoms with Gasteiger partial charge in [-0.1, -0.05) is 36.4 Å². The number of hydrogen-bond acceptors (Lipinski definition) is 2. The normalized spacial score (nSPS) is 15.0. The molecular formula is C21H27FIN3O. The summed E-state index contributed by atoms with van der Waals surface area (Å²) >= 11 is 0. The van der Waals surface area contributed by atoms with Gasteiger partial charge in [0.05, 0.1) is 6.61 Å². The Morgan fingerprint density at radius 1 is 1.15 bits per heavy atom. The van der Waals surface area contributed by atoms with E-state index in [0.717, 1.165) is 18.1 Å². The summed E-state index contributed by atoms with van der Waals surface area (Å²) in [6.45, 7) is 1.70. The molecule has 0 spiro atoms. The minimum atomic E-state index is -0.239. The van der Waals surface area contributed by atoms with Gasteiger partial charge in [-0.3, -0.25) is 4.99 Å². The van der Waals surface area contributed by atoms with E-state index in [2.05, 4.69) is 39.9 Å². The summed E-state index contributed by atoms with van der Waals surface area (Å²) in [6.07, 6.45) is 2.39. The first-order chi connectivity index (χ1) is 12.7. The molecule has 0 saturated heterocycles. The molecule has 0 aliphatic heterocycles. The van der Waals surface area contributed by atoms with Crippen LogP contribution in [-0.4, -0.2) is 26.7 Å². The zero-order valence-corrected chi connectivity index (χ0v) is 18.1. The SMILES string of the molecule is CN=C(NCc1ccc(F)c(COC)c1)NCC1(c2ccccc2)CC1.I. The van der Waals surface area contributed by atoms with E-state index in [1.807, 2.05) is 12.1 Å². The van der Waals surface area contributed by atoms with E-state index in [9.17, 15) is 4.39 Å². The monoisotopic (exact) mass is 483 g/mol. The van der Waals surface area contributed by atoms with E-state index in [0.29, 0.717) is 12.1 Å². The minimum Gasteiger partial charge on any atom is -0.380 e. The van der Waals surface area contributed by atoms with Crippen molar-refractivity contribution in [1.29, 1.82) is 0 Å². The van der Waals surface area contributed by atoms with Crippen LogP contribution in [0, 0.1) is 5.82 Å². The summed E-state index contributed by atoms with van der Waals surface area (Å²) in [7, 11) is 3.33. The number of methoxy groups -OCH3 is 1.